The maximum Gasteiger partial charge on any atom is 0.307 e. The van der Waals surface area contributed by atoms with Crippen molar-refractivity contribution in [3.63, 3.8) is 0 Å². The van der Waals surface area contributed by atoms with Crippen LogP contribution >= 0.6 is 11.6 Å². The molecule has 0 aliphatic carbocycles. The summed E-state index contributed by atoms with van der Waals surface area (Å²) >= 11 is 5.93. The molecule has 0 saturated heterocycles. The van der Waals surface area contributed by atoms with E-state index in [0.717, 1.165) is 16.0 Å². The van der Waals surface area contributed by atoms with Crippen molar-refractivity contribution in [3.05, 3.63) is 35.0 Å². The van der Waals surface area contributed by atoms with Gasteiger partial charge in [0.2, 0.25) is 0 Å². The number of fused-ring (bicyclic) bond motifs is 3. The number of hydrogen-bond acceptors (Lipinski definition) is 3. The highest BCUT2D eigenvalue weighted by Gasteiger charge is 2.39. The highest BCUT2D eigenvalue weighted by atomic mass is 35.5. The molecule has 0 fully saturated rings. The number of rotatable bonds is 3. The summed E-state index contributed by atoms with van der Waals surface area (Å²) in [6, 6.07) is 6.90. The van der Waals surface area contributed by atoms with Gasteiger partial charge < -0.3 is 9.67 Å². The highest BCUT2D eigenvalue weighted by Crippen LogP contribution is 2.36. The lowest BCUT2D eigenvalue weighted by Gasteiger charge is -2.22. The Hall–Kier alpha value is -2.05. The predicted molar refractivity (Wildman–Crippen MR) is 71.4 cm³/mol. The molecule has 6 nitrogen and oxygen atoms in total. The first-order valence-electron chi connectivity index (χ1n) is 5.93. The average Bonchev–Trinajstić information content (AvgIpc) is 2.85. The molecule has 104 valence electrons. The van der Waals surface area contributed by atoms with Gasteiger partial charge in [-0.05, 0) is 24.3 Å². The standard InChI is InChI=1S/C13H11ClN2O4/c1-20-16-11(6-12(17)18)15-9-3-2-8(14)4-7(9)5-10(15)13(16)19/h2-5,11H,6H2,1H3,(H,17,18). The number of hydrogen-bond donors (Lipinski definition) is 1. The van der Waals surface area contributed by atoms with Crippen LogP contribution in [0.3, 0.4) is 0 Å². The maximum atomic E-state index is 12.2. The minimum atomic E-state index is -1.01. The lowest BCUT2D eigenvalue weighted by Crippen LogP contribution is -2.30. The van der Waals surface area contributed by atoms with Crippen LogP contribution in [0.25, 0.3) is 10.9 Å². The van der Waals surface area contributed by atoms with E-state index in [1.54, 1.807) is 28.8 Å². The summed E-state index contributed by atoms with van der Waals surface area (Å²) in [4.78, 5) is 28.3. The summed E-state index contributed by atoms with van der Waals surface area (Å²) in [5, 5.41) is 11.5. The fraction of sp³-hybridized carbons (Fsp3) is 0.231. The number of aromatic nitrogens is 1. The van der Waals surface area contributed by atoms with Gasteiger partial charge in [-0.15, -0.1) is 0 Å². The molecule has 7 heteroatoms. The van der Waals surface area contributed by atoms with Crippen molar-refractivity contribution in [1.82, 2.24) is 9.63 Å². The third-order valence-corrected chi connectivity index (χ3v) is 3.58. The average molecular weight is 295 g/mol. The lowest BCUT2D eigenvalue weighted by molar-refractivity contribution is -0.153. The van der Waals surface area contributed by atoms with Crippen LogP contribution in [-0.4, -0.2) is 33.7 Å². The number of hydroxylamine groups is 2. The van der Waals surface area contributed by atoms with Crippen LogP contribution in [0.15, 0.2) is 24.3 Å². The van der Waals surface area contributed by atoms with Gasteiger partial charge in [0, 0.05) is 10.4 Å². The van der Waals surface area contributed by atoms with Gasteiger partial charge in [-0.3, -0.25) is 14.4 Å². The molecule has 0 spiro atoms. The van der Waals surface area contributed by atoms with Crippen molar-refractivity contribution in [2.75, 3.05) is 7.11 Å². The number of amides is 1. The van der Waals surface area contributed by atoms with E-state index in [4.69, 9.17) is 21.5 Å². The number of carboxylic acids is 1. The lowest BCUT2D eigenvalue weighted by atomic mass is 10.2. The number of carbonyl (C=O) groups excluding carboxylic acids is 1. The van der Waals surface area contributed by atoms with E-state index in [1.807, 2.05) is 0 Å². The van der Waals surface area contributed by atoms with Crippen LogP contribution < -0.4 is 0 Å². The third-order valence-electron chi connectivity index (χ3n) is 3.34. The smallest absolute Gasteiger partial charge is 0.307 e. The SMILES string of the molecule is CON1C(=O)c2cc3cc(Cl)ccc3n2C1CC(=O)O. The number of aliphatic carboxylic acids is 1. The Labute approximate surface area is 119 Å². The molecular weight excluding hydrogens is 284 g/mol. The second kappa shape index (κ2) is 4.50. The predicted octanol–water partition coefficient (Wildman–Crippen LogP) is 2.29. The molecule has 2 aromatic rings. The second-order valence-electron chi connectivity index (χ2n) is 4.49. The van der Waals surface area contributed by atoms with Crippen molar-refractivity contribution >= 4 is 34.4 Å². The number of carboxylic acid groups (broad SMARTS) is 1. The van der Waals surface area contributed by atoms with Crippen molar-refractivity contribution in [1.29, 1.82) is 0 Å². The van der Waals surface area contributed by atoms with Crippen molar-refractivity contribution in [2.45, 2.75) is 12.6 Å². The number of carbonyl (C=O) groups is 2. The van der Waals surface area contributed by atoms with Gasteiger partial charge in [0.25, 0.3) is 5.91 Å². The Kier molecular flexibility index (Phi) is 2.92. The van der Waals surface area contributed by atoms with Crippen LogP contribution in [0.1, 0.15) is 23.1 Å². The van der Waals surface area contributed by atoms with Gasteiger partial charge in [0.1, 0.15) is 11.9 Å². The van der Waals surface area contributed by atoms with E-state index in [1.165, 1.54) is 7.11 Å². The van der Waals surface area contributed by atoms with Gasteiger partial charge in [-0.25, -0.2) is 0 Å². The summed E-state index contributed by atoms with van der Waals surface area (Å²) in [7, 11) is 1.35. The summed E-state index contributed by atoms with van der Waals surface area (Å²) in [5.41, 5.74) is 1.15. The molecule has 3 rings (SSSR count). The maximum absolute atomic E-state index is 12.2. The Bertz CT molecular complexity index is 724. The van der Waals surface area contributed by atoms with Gasteiger partial charge in [0.05, 0.1) is 19.0 Å². The van der Waals surface area contributed by atoms with E-state index in [-0.39, 0.29) is 12.3 Å². The van der Waals surface area contributed by atoms with E-state index in [9.17, 15) is 9.59 Å². The van der Waals surface area contributed by atoms with Crippen LogP contribution in [0.4, 0.5) is 0 Å². The first-order chi connectivity index (χ1) is 9.52. The monoisotopic (exact) mass is 294 g/mol. The molecule has 1 aliphatic rings. The molecule has 1 unspecified atom stereocenters. The third kappa shape index (κ3) is 1.76. The van der Waals surface area contributed by atoms with Crippen molar-refractivity contribution in [3.8, 4) is 0 Å². The molecule has 20 heavy (non-hydrogen) atoms. The summed E-state index contributed by atoms with van der Waals surface area (Å²) < 4.78 is 1.67. The molecule has 1 amide bonds. The Balaban J connectivity index is 2.21. The fourth-order valence-electron chi connectivity index (χ4n) is 2.58. The zero-order chi connectivity index (χ0) is 14.4. The Morgan fingerprint density at radius 2 is 2.20 bits per heavy atom. The minimum absolute atomic E-state index is 0.237. The number of nitrogens with zero attached hydrogens (tertiary/aromatic N) is 2. The first kappa shape index (κ1) is 13.0. The van der Waals surface area contributed by atoms with E-state index in [2.05, 4.69) is 0 Å². The van der Waals surface area contributed by atoms with Gasteiger partial charge in [-0.1, -0.05) is 11.6 Å². The highest BCUT2D eigenvalue weighted by molar-refractivity contribution is 6.31. The summed E-state index contributed by atoms with van der Waals surface area (Å²) in [6.45, 7) is 0. The normalized spacial score (nSPS) is 17.8. The molecule has 1 aromatic carbocycles. The fourth-order valence-corrected chi connectivity index (χ4v) is 2.76. The molecular formula is C13H11ClN2O4. The Morgan fingerprint density at radius 3 is 2.85 bits per heavy atom. The largest absolute Gasteiger partial charge is 0.481 e. The molecule has 1 aliphatic heterocycles. The van der Waals surface area contributed by atoms with Gasteiger partial charge >= 0.3 is 5.97 Å². The first-order valence-corrected chi connectivity index (χ1v) is 6.30. The number of halogens is 1. The second-order valence-corrected chi connectivity index (χ2v) is 4.93. The van der Waals surface area contributed by atoms with E-state index >= 15 is 0 Å². The summed E-state index contributed by atoms with van der Waals surface area (Å²) in [5.74, 6) is -1.36. The van der Waals surface area contributed by atoms with Crippen molar-refractivity contribution in [2.24, 2.45) is 0 Å². The van der Waals surface area contributed by atoms with Gasteiger partial charge in [0.15, 0.2) is 0 Å². The van der Waals surface area contributed by atoms with Gasteiger partial charge in [-0.2, -0.15) is 5.06 Å². The molecule has 0 bridgehead atoms. The number of benzene rings is 1. The molecule has 1 atom stereocenters. The molecule has 0 radical (unpaired) electrons. The quantitative estimate of drug-likeness (QED) is 0.942. The van der Waals surface area contributed by atoms with Crippen LogP contribution in [-0.2, 0) is 9.63 Å². The van der Waals surface area contributed by atoms with E-state index < -0.39 is 12.1 Å². The van der Waals surface area contributed by atoms with E-state index in [0.29, 0.717) is 10.7 Å². The minimum Gasteiger partial charge on any atom is -0.481 e. The zero-order valence-electron chi connectivity index (χ0n) is 10.5. The zero-order valence-corrected chi connectivity index (χ0v) is 11.3. The molecule has 1 aromatic heterocycles. The van der Waals surface area contributed by atoms with Crippen LogP contribution in [0.2, 0.25) is 5.02 Å². The Morgan fingerprint density at radius 1 is 1.45 bits per heavy atom. The molecule has 0 saturated carbocycles. The van der Waals surface area contributed by atoms with Crippen molar-refractivity contribution < 1.29 is 19.5 Å². The molecule has 1 N–H and O–H groups in total. The topological polar surface area (TPSA) is 71.8 Å². The summed E-state index contributed by atoms with van der Waals surface area (Å²) in [6.07, 6.45) is -0.933. The van der Waals surface area contributed by atoms with Crippen LogP contribution in [0.5, 0.6) is 0 Å². The van der Waals surface area contributed by atoms with Crippen LogP contribution in [0, 0.1) is 0 Å². The molecule has 2 heterocycles.